The second-order valence-electron chi connectivity index (χ2n) is 2.75. The number of carboxylic acids is 1. The predicted octanol–water partition coefficient (Wildman–Crippen LogP) is 2.58. The molecule has 2 aromatic rings. The molecule has 0 bridgehead atoms. The minimum Gasteiger partial charge on any atom is -0.477 e. The van der Waals surface area contributed by atoms with Crippen LogP contribution >= 0.6 is 11.3 Å². The normalized spacial score (nSPS) is 9.80. The lowest BCUT2D eigenvalue weighted by Gasteiger charge is -1.95. The van der Waals surface area contributed by atoms with Gasteiger partial charge in [-0.25, -0.2) is 4.79 Å². The number of hydrogen-bond donors (Lipinski definition) is 1. The van der Waals surface area contributed by atoms with Crippen LogP contribution in [0.2, 0.25) is 0 Å². The first-order valence-corrected chi connectivity index (χ1v) is 4.90. The van der Waals surface area contributed by atoms with Crippen LogP contribution in [0, 0.1) is 11.3 Å². The van der Waals surface area contributed by atoms with Crippen molar-refractivity contribution in [2.75, 3.05) is 0 Å². The summed E-state index contributed by atoms with van der Waals surface area (Å²) in [5, 5.41) is 19.3. The SMILES string of the molecule is N#Cc1csc(C(=O)O)c1-c1ccco1. The molecule has 0 spiro atoms. The van der Waals surface area contributed by atoms with Gasteiger partial charge in [0, 0.05) is 5.38 Å². The van der Waals surface area contributed by atoms with Crippen LogP contribution in [0.5, 0.6) is 0 Å². The Labute approximate surface area is 89.0 Å². The van der Waals surface area contributed by atoms with E-state index in [1.807, 2.05) is 6.07 Å². The van der Waals surface area contributed by atoms with Gasteiger partial charge in [-0.2, -0.15) is 5.26 Å². The number of thiophene rings is 1. The number of carboxylic acid groups (broad SMARTS) is 1. The Hall–Kier alpha value is -2.06. The molecule has 0 amide bonds. The number of nitrogens with zero attached hydrogens (tertiary/aromatic N) is 1. The van der Waals surface area contributed by atoms with Crippen LogP contribution in [0.3, 0.4) is 0 Å². The van der Waals surface area contributed by atoms with Gasteiger partial charge in [0.05, 0.1) is 17.4 Å². The lowest BCUT2D eigenvalue weighted by atomic mass is 10.1. The molecule has 0 saturated heterocycles. The van der Waals surface area contributed by atoms with Crippen molar-refractivity contribution in [3.05, 3.63) is 34.2 Å². The van der Waals surface area contributed by atoms with Crippen molar-refractivity contribution in [2.24, 2.45) is 0 Å². The van der Waals surface area contributed by atoms with Gasteiger partial charge in [0.1, 0.15) is 16.7 Å². The van der Waals surface area contributed by atoms with Crippen LogP contribution in [0.25, 0.3) is 11.3 Å². The van der Waals surface area contributed by atoms with Crippen molar-refractivity contribution in [1.82, 2.24) is 0 Å². The van der Waals surface area contributed by atoms with E-state index in [4.69, 9.17) is 14.8 Å². The Balaban J connectivity index is 2.67. The van der Waals surface area contributed by atoms with Crippen molar-refractivity contribution >= 4 is 17.3 Å². The zero-order valence-electron chi connectivity index (χ0n) is 7.43. The molecule has 0 radical (unpaired) electrons. The van der Waals surface area contributed by atoms with Crippen molar-refractivity contribution in [3.8, 4) is 17.4 Å². The molecule has 2 heterocycles. The molecule has 2 rings (SSSR count). The third kappa shape index (κ3) is 1.51. The van der Waals surface area contributed by atoms with Crippen molar-refractivity contribution in [3.63, 3.8) is 0 Å². The topological polar surface area (TPSA) is 74.2 Å². The molecule has 0 atom stereocenters. The van der Waals surface area contributed by atoms with E-state index in [1.165, 1.54) is 11.6 Å². The Morgan fingerprint density at radius 3 is 2.93 bits per heavy atom. The first-order chi connectivity index (χ1) is 7.24. The van der Waals surface area contributed by atoms with Gasteiger partial charge in [0.2, 0.25) is 0 Å². The summed E-state index contributed by atoms with van der Waals surface area (Å²) in [5.74, 6) is -0.641. The highest BCUT2D eigenvalue weighted by Gasteiger charge is 2.20. The quantitative estimate of drug-likeness (QED) is 0.842. The van der Waals surface area contributed by atoms with Crippen molar-refractivity contribution in [2.45, 2.75) is 0 Å². The zero-order chi connectivity index (χ0) is 10.8. The van der Waals surface area contributed by atoms with Crippen LogP contribution in [-0.4, -0.2) is 11.1 Å². The fourth-order valence-electron chi connectivity index (χ4n) is 1.26. The van der Waals surface area contributed by atoms with Gasteiger partial charge in [0.15, 0.2) is 0 Å². The summed E-state index contributed by atoms with van der Waals surface area (Å²) in [4.78, 5) is 11.0. The van der Waals surface area contributed by atoms with Crippen LogP contribution in [0.1, 0.15) is 15.2 Å². The van der Waals surface area contributed by atoms with Crippen LogP contribution < -0.4 is 0 Å². The molecule has 0 aliphatic rings. The van der Waals surface area contributed by atoms with Gasteiger partial charge in [0.25, 0.3) is 0 Å². The molecule has 15 heavy (non-hydrogen) atoms. The molecule has 0 saturated carbocycles. The van der Waals surface area contributed by atoms with E-state index in [-0.39, 0.29) is 4.88 Å². The van der Waals surface area contributed by atoms with Crippen LogP contribution in [-0.2, 0) is 0 Å². The third-order valence-electron chi connectivity index (χ3n) is 1.87. The standard InChI is InChI=1S/C10H5NO3S/c11-4-6-5-15-9(10(12)13)8(6)7-2-1-3-14-7/h1-3,5H,(H,12,13). The molecular formula is C10H5NO3S. The highest BCUT2D eigenvalue weighted by molar-refractivity contribution is 7.12. The van der Waals surface area contributed by atoms with E-state index in [1.54, 1.807) is 12.1 Å². The second kappa shape index (κ2) is 3.59. The average molecular weight is 219 g/mol. The summed E-state index contributed by atoms with van der Waals surface area (Å²) in [6.45, 7) is 0. The van der Waals surface area contributed by atoms with Crippen LogP contribution in [0.4, 0.5) is 0 Å². The number of rotatable bonds is 2. The zero-order valence-corrected chi connectivity index (χ0v) is 8.25. The van der Waals surface area contributed by atoms with E-state index in [2.05, 4.69) is 0 Å². The van der Waals surface area contributed by atoms with Crippen molar-refractivity contribution in [1.29, 1.82) is 5.26 Å². The molecule has 0 aromatic carbocycles. The summed E-state index contributed by atoms with van der Waals surface area (Å²) in [6, 6.07) is 5.23. The summed E-state index contributed by atoms with van der Waals surface area (Å²) in [7, 11) is 0. The van der Waals surface area contributed by atoms with E-state index < -0.39 is 5.97 Å². The Kier molecular flexibility index (Phi) is 2.27. The Bertz CT molecular complexity index is 534. The van der Waals surface area contributed by atoms with E-state index >= 15 is 0 Å². The maximum absolute atomic E-state index is 10.9. The highest BCUT2D eigenvalue weighted by atomic mass is 32.1. The van der Waals surface area contributed by atoms with Gasteiger partial charge in [-0.1, -0.05) is 0 Å². The predicted molar refractivity (Wildman–Crippen MR) is 53.7 cm³/mol. The first-order valence-electron chi connectivity index (χ1n) is 4.03. The number of hydrogen-bond acceptors (Lipinski definition) is 4. The molecular weight excluding hydrogens is 214 g/mol. The monoisotopic (exact) mass is 219 g/mol. The second-order valence-corrected chi connectivity index (χ2v) is 3.63. The molecule has 1 N–H and O–H groups in total. The number of carbonyl (C=O) groups is 1. The lowest BCUT2D eigenvalue weighted by molar-refractivity contribution is 0.0702. The number of nitriles is 1. The minimum atomic E-state index is -1.05. The minimum absolute atomic E-state index is 0.126. The number of aromatic carboxylic acids is 1. The van der Waals surface area contributed by atoms with E-state index in [0.717, 1.165) is 11.3 Å². The molecule has 4 nitrogen and oxygen atoms in total. The van der Waals surface area contributed by atoms with Crippen molar-refractivity contribution < 1.29 is 14.3 Å². The highest BCUT2D eigenvalue weighted by Crippen LogP contribution is 2.32. The summed E-state index contributed by atoms with van der Waals surface area (Å²) in [5.41, 5.74) is 0.687. The first kappa shape index (κ1) is 9.49. The van der Waals surface area contributed by atoms with Crippen LogP contribution in [0.15, 0.2) is 28.2 Å². The van der Waals surface area contributed by atoms with Gasteiger partial charge >= 0.3 is 5.97 Å². The molecule has 74 valence electrons. The number of furan rings is 1. The Morgan fingerprint density at radius 2 is 2.40 bits per heavy atom. The molecule has 2 aromatic heterocycles. The lowest BCUT2D eigenvalue weighted by Crippen LogP contribution is -1.94. The Morgan fingerprint density at radius 1 is 1.60 bits per heavy atom. The fourth-order valence-corrected chi connectivity index (χ4v) is 2.10. The largest absolute Gasteiger partial charge is 0.477 e. The van der Waals surface area contributed by atoms with Gasteiger partial charge in [-0.3, -0.25) is 0 Å². The molecule has 5 heteroatoms. The maximum atomic E-state index is 10.9. The van der Waals surface area contributed by atoms with E-state index in [0.29, 0.717) is 16.9 Å². The maximum Gasteiger partial charge on any atom is 0.346 e. The summed E-state index contributed by atoms with van der Waals surface area (Å²) >= 11 is 1.03. The third-order valence-corrected chi connectivity index (χ3v) is 2.84. The molecule has 0 unspecified atom stereocenters. The smallest absolute Gasteiger partial charge is 0.346 e. The fraction of sp³-hybridized carbons (Fsp3) is 0. The molecule has 0 aliphatic carbocycles. The van der Waals surface area contributed by atoms with Gasteiger partial charge < -0.3 is 9.52 Å². The molecule has 0 fully saturated rings. The molecule has 0 aliphatic heterocycles. The summed E-state index contributed by atoms with van der Waals surface area (Å²) in [6.07, 6.45) is 1.44. The van der Waals surface area contributed by atoms with Gasteiger partial charge in [-0.05, 0) is 12.1 Å². The summed E-state index contributed by atoms with van der Waals surface area (Å²) < 4.78 is 5.10. The van der Waals surface area contributed by atoms with Gasteiger partial charge in [-0.15, -0.1) is 11.3 Å². The average Bonchev–Trinajstić information content (AvgIpc) is 2.85. The van der Waals surface area contributed by atoms with E-state index in [9.17, 15) is 4.79 Å².